The number of thiol groups is 2. The van der Waals surface area contributed by atoms with E-state index in [-0.39, 0.29) is 0 Å². The van der Waals surface area contributed by atoms with Crippen molar-refractivity contribution in [3.8, 4) is 0 Å². The first-order valence-corrected chi connectivity index (χ1v) is 5.48. The second kappa shape index (κ2) is 3.21. The van der Waals surface area contributed by atoms with Gasteiger partial charge in [-0.2, -0.15) is 0 Å². The minimum absolute atomic E-state index is 0.513. The van der Waals surface area contributed by atoms with Crippen molar-refractivity contribution in [1.82, 2.24) is 0 Å². The van der Waals surface area contributed by atoms with Crippen LogP contribution < -0.4 is 0 Å². The van der Waals surface area contributed by atoms with Gasteiger partial charge in [-0.05, 0) is 0 Å². The van der Waals surface area contributed by atoms with Gasteiger partial charge in [0.25, 0.3) is 0 Å². The second-order valence-electron chi connectivity index (χ2n) is 1.65. The molecular weight excluding hydrogens is 203 g/mol. The molecule has 2 atom stereocenters. The SMILES string of the molecule is SC1C=CCC(S)[Se]1. The molecule has 0 saturated carbocycles. The maximum absolute atomic E-state index is 4.35. The summed E-state index contributed by atoms with van der Waals surface area (Å²) in [5.41, 5.74) is 0. The molecule has 0 aromatic carbocycles. The van der Waals surface area contributed by atoms with Crippen molar-refractivity contribution in [2.24, 2.45) is 0 Å². The fourth-order valence-corrected chi connectivity index (χ4v) is 4.33. The van der Waals surface area contributed by atoms with Crippen LogP contribution in [0.4, 0.5) is 0 Å². The van der Waals surface area contributed by atoms with Crippen molar-refractivity contribution >= 4 is 40.2 Å². The molecule has 0 bridgehead atoms. The van der Waals surface area contributed by atoms with E-state index in [2.05, 4.69) is 37.4 Å². The predicted molar refractivity (Wildman–Crippen MR) is 45.1 cm³/mol. The van der Waals surface area contributed by atoms with Crippen LogP contribution in [0.1, 0.15) is 6.42 Å². The van der Waals surface area contributed by atoms with Gasteiger partial charge in [0, 0.05) is 0 Å². The Labute approximate surface area is 67.1 Å². The van der Waals surface area contributed by atoms with Crippen molar-refractivity contribution in [3.05, 3.63) is 12.2 Å². The maximum atomic E-state index is 4.35. The average Bonchev–Trinajstić information content (AvgIpc) is 1.64. The molecule has 0 aliphatic carbocycles. The molecule has 0 radical (unpaired) electrons. The molecule has 1 aliphatic heterocycles. The molecular formula is C5H8S2Se. The van der Waals surface area contributed by atoms with E-state index in [1.54, 1.807) is 0 Å². The van der Waals surface area contributed by atoms with Crippen LogP contribution in [0.15, 0.2) is 12.2 Å². The Morgan fingerprint density at radius 3 is 2.62 bits per heavy atom. The second-order valence-corrected chi connectivity index (χ2v) is 7.23. The summed E-state index contributed by atoms with van der Waals surface area (Å²) in [6.07, 6.45) is 5.47. The third kappa shape index (κ3) is 2.06. The molecule has 3 heteroatoms. The van der Waals surface area contributed by atoms with Gasteiger partial charge in [0.15, 0.2) is 0 Å². The van der Waals surface area contributed by atoms with E-state index in [0.29, 0.717) is 23.3 Å². The molecule has 0 saturated heterocycles. The topological polar surface area (TPSA) is 0 Å². The summed E-state index contributed by atoms with van der Waals surface area (Å²) in [6.45, 7) is 0. The number of hydrogen-bond donors (Lipinski definition) is 2. The normalized spacial score (nSPS) is 37.8. The van der Waals surface area contributed by atoms with Gasteiger partial charge in [-0.25, -0.2) is 0 Å². The van der Waals surface area contributed by atoms with Crippen LogP contribution >= 0.6 is 25.3 Å². The van der Waals surface area contributed by atoms with Crippen LogP contribution in [0.3, 0.4) is 0 Å². The standard InChI is InChI=1S/C5H8S2Se/c6-4-2-1-3-5(7)8-4/h1-2,4-7H,3H2. The molecule has 1 rings (SSSR count). The number of hydrogen-bond acceptors (Lipinski definition) is 2. The molecule has 0 amide bonds. The Morgan fingerprint density at radius 2 is 2.25 bits per heavy atom. The van der Waals surface area contributed by atoms with E-state index in [0.717, 1.165) is 6.42 Å². The van der Waals surface area contributed by atoms with E-state index in [1.807, 2.05) is 0 Å². The van der Waals surface area contributed by atoms with Crippen LogP contribution in [0.2, 0.25) is 0 Å². The average molecular weight is 211 g/mol. The molecule has 2 unspecified atom stereocenters. The van der Waals surface area contributed by atoms with E-state index in [4.69, 9.17) is 0 Å². The Morgan fingerprint density at radius 1 is 1.50 bits per heavy atom. The molecule has 0 nitrogen and oxygen atoms in total. The van der Waals surface area contributed by atoms with Crippen molar-refractivity contribution in [1.29, 1.82) is 0 Å². The van der Waals surface area contributed by atoms with E-state index >= 15 is 0 Å². The Balaban J connectivity index is 2.42. The molecule has 0 aromatic heterocycles. The first kappa shape index (κ1) is 7.07. The summed E-state index contributed by atoms with van der Waals surface area (Å²) < 4.78 is 1.12. The van der Waals surface area contributed by atoms with Gasteiger partial charge in [0.2, 0.25) is 0 Å². The van der Waals surface area contributed by atoms with Gasteiger partial charge >= 0.3 is 67.1 Å². The van der Waals surface area contributed by atoms with Crippen LogP contribution in [-0.4, -0.2) is 23.3 Å². The van der Waals surface area contributed by atoms with Crippen molar-refractivity contribution in [2.45, 2.75) is 14.7 Å². The van der Waals surface area contributed by atoms with Crippen molar-refractivity contribution in [2.75, 3.05) is 0 Å². The van der Waals surface area contributed by atoms with E-state index < -0.39 is 0 Å². The first-order valence-electron chi connectivity index (χ1n) is 2.47. The van der Waals surface area contributed by atoms with Crippen LogP contribution in [0.5, 0.6) is 0 Å². The molecule has 0 aromatic rings. The summed E-state index contributed by atoms with van der Waals surface area (Å²) >= 11 is 9.27. The van der Waals surface area contributed by atoms with Gasteiger partial charge in [-0.3, -0.25) is 0 Å². The third-order valence-corrected chi connectivity index (χ3v) is 4.56. The number of allylic oxidation sites excluding steroid dienone is 1. The quantitative estimate of drug-likeness (QED) is 0.335. The van der Waals surface area contributed by atoms with Crippen LogP contribution in [0, 0.1) is 0 Å². The Hall–Kier alpha value is 0.959. The molecule has 46 valence electrons. The molecule has 8 heavy (non-hydrogen) atoms. The third-order valence-electron chi connectivity index (χ3n) is 0.935. The fourth-order valence-electron chi connectivity index (χ4n) is 0.573. The predicted octanol–water partition coefficient (Wildman–Crippen LogP) is 1.16. The fraction of sp³-hybridized carbons (Fsp3) is 0.600. The Kier molecular flexibility index (Phi) is 2.84. The zero-order valence-corrected chi connectivity index (χ0v) is 7.82. The summed E-state index contributed by atoms with van der Waals surface area (Å²) in [4.78, 5) is 0. The molecule has 0 N–H and O–H groups in total. The van der Waals surface area contributed by atoms with E-state index in [9.17, 15) is 0 Å². The summed E-state index contributed by atoms with van der Waals surface area (Å²) in [7, 11) is 0. The molecule has 1 heterocycles. The molecule has 1 aliphatic rings. The van der Waals surface area contributed by atoms with Gasteiger partial charge in [0.05, 0.1) is 0 Å². The van der Waals surface area contributed by atoms with Gasteiger partial charge < -0.3 is 0 Å². The first-order chi connectivity index (χ1) is 3.79. The van der Waals surface area contributed by atoms with Crippen molar-refractivity contribution in [3.63, 3.8) is 0 Å². The van der Waals surface area contributed by atoms with E-state index in [1.165, 1.54) is 0 Å². The summed E-state index contributed by atoms with van der Waals surface area (Å²) in [5, 5.41) is 0. The molecule has 0 spiro atoms. The summed E-state index contributed by atoms with van der Waals surface area (Å²) in [5.74, 6) is 0. The van der Waals surface area contributed by atoms with Gasteiger partial charge in [0.1, 0.15) is 0 Å². The monoisotopic (exact) mass is 212 g/mol. The molecule has 0 fully saturated rings. The van der Waals surface area contributed by atoms with Crippen LogP contribution in [-0.2, 0) is 0 Å². The van der Waals surface area contributed by atoms with Gasteiger partial charge in [-0.1, -0.05) is 0 Å². The Bertz CT molecular complexity index is 103. The summed E-state index contributed by atoms with van der Waals surface area (Å²) in [6, 6.07) is 0. The minimum atomic E-state index is 0.513. The van der Waals surface area contributed by atoms with Crippen molar-refractivity contribution < 1.29 is 0 Å². The zero-order chi connectivity index (χ0) is 5.98. The zero-order valence-electron chi connectivity index (χ0n) is 4.32. The van der Waals surface area contributed by atoms with Crippen LogP contribution in [0.25, 0.3) is 0 Å². The van der Waals surface area contributed by atoms with Gasteiger partial charge in [-0.15, -0.1) is 0 Å². The number of rotatable bonds is 0.